The Bertz CT molecular complexity index is 643. The molecule has 1 atom stereocenters. The Labute approximate surface area is 125 Å². The molecule has 21 heavy (non-hydrogen) atoms. The minimum atomic E-state index is -0.0497. The number of rotatable bonds is 3. The molecule has 2 N–H and O–H groups in total. The van der Waals surface area contributed by atoms with E-state index >= 15 is 0 Å². The van der Waals surface area contributed by atoms with Crippen LogP contribution in [-0.4, -0.2) is 0 Å². The molecule has 1 unspecified atom stereocenters. The van der Waals surface area contributed by atoms with Gasteiger partial charge in [-0.15, -0.1) is 0 Å². The van der Waals surface area contributed by atoms with Gasteiger partial charge < -0.3 is 10.5 Å². The van der Waals surface area contributed by atoms with Crippen LogP contribution in [0.5, 0.6) is 0 Å². The van der Waals surface area contributed by atoms with Gasteiger partial charge >= 0.3 is 0 Å². The molecule has 2 aromatic carbocycles. The van der Waals surface area contributed by atoms with Crippen LogP contribution >= 0.6 is 0 Å². The zero-order valence-electron chi connectivity index (χ0n) is 12.2. The zero-order chi connectivity index (χ0) is 14.2. The fraction of sp³-hybridized carbons (Fsp3) is 0.368. The second-order valence-electron chi connectivity index (χ2n) is 6.29. The number of hydrogen-bond acceptors (Lipinski definition) is 2. The molecule has 1 aliphatic heterocycles. The predicted octanol–water partition coefficient (Wildman–Crippen LogP) is 4.03. The smallest absolute Gasteiger partial charge is 0.0725 e. The fourth-order valence-corrected chi connectivity index (χ4v) is 3.29. The van der Waals surface area contributed by atoms with Gasteiger partial charge in [0.15, 0.2) is 0 Å². The summed E-state index contributed by atoms with van der Waals surface area (Å²) in [5, 5.41) is 0. The molecule has 0 saturated heterocycles. The normalized spacial score (nSPS) is 19.1. The van der Waals surface area contributed by atoms with Gasteiger partial charge in [-0.25, -0.2) is 0 Å². The third kappa shape index (κ3) is 2.39. The average Bonchev–Trinajstić information content (AvgIpc) is 2.93. The molecule has 2 aliphatic rings. The second-order valence-corrected chi connectivity index (χ2v) is 6.29. The number of fused-ring (bicyclic) bond motifs is 1. The lowest BCUT2D eigenvalue weighted by Gasteiger charge is -2.26. The first-order valence-electron chi connectivity index (χ1n) is 7.86. The molecule has 2 aromatic rings. The highest BCUT2D eigenvalue weighted by molar-refractivity contribution is 5.39. The number of nitrogens with two attached hydrogens (primary N) is 1. The first-order chi connectivity index (χ1) is 10.3. The molecule has 0 aromatic heterocycles. The molecular formula is C19H21NO. The monoisotopic (exact) mass is 279 g/mol. The summed E-state index contributed by atoms with van der Waals surface area (Å²) >= 11 is 0. The number of benzene rings is 2. The quantitative estimate of drug-likeness (QED) is 0.920. The first kappa shape index (κ1) is 13.1. The van der Waals surface area contributed by atoms with Crippen molar-refractivity contribution in [3.63, 3.8) is 0 Å². The highest BCUT2D eigenvalue weighted by Gasteiger charge is 2.20. The van der Waals surface area contributed by atoms with Crippen LogP contribution in [0, 0.1) is 0 Å². The van der Waals surface area contributed by atoms with Gasteiger partial charge in [0.25, 0.3) is 0 Å². The molecule has 0 radical (unpaired) electrons. The van der Waals surface area contributed by atoms with Crippen LogP contribution in [0.25, 0.3) is 0 Å². The van der Waals surface area contributed by atoms with Crippen LogP contribution in [0.3, 0.4) is 0 Å². The standard InChI is InChI=1S/C19H21NO/c20-19(16-8-9-17-11-21-12-18(17)10-16)15-6-4-14(5-7-15)13-2-1-3-13/h4-10,13,19H,1-3,11-12,20H2. The van der Waals surface area contributed by atoms with E-state index in [1.165, 1.54) is 47.1 Å². The average molecular weight is 279 g/mol. The third-order valence-electron chi connectivity index (χ3n) is 4.98. The lowest BCUT2D eigenvalue weighted by molar-refractivity contribution is 0.134. The largest absolute Gasteiger partial charge is 0.372 e. The molecule has 0 bridgehead atoms. The Kier molecular flexibility index (Phi) is 3.28. The van der Waals surface area contributed by atoms with Gasteiger partial charge in [-0.2, -0.15) is 0 Å². The summed E-state index contributed by atoms with van der Waals surface area (Å²) < 4.78 is 5.48. The van der Waals surface area contributed by atoms with Crippen molar-refractivity contribution in [3.8, 4) is 0 Å². The van der Waals surface area contributed by atoms with E-state index < -0.39 is 0 Å². The van der Waals surface area contributed by atoms with Gasteiger partial charge in [0, 0.05) is 0 Å². The maximum absolute atomic E-state index is 6.44. The van der Waals surface area contributed by atoms with Crippen molar-refractivity contribution >= 4 is 0 Å². The topological polar surface area (TPSA) is 35.2 Å². The SMILES string of the molecule is NC(c1ccc(C2CCC2)cc1)c1ccc2c(c1)COC2. The summed E-state index contributed by atoms with van der Waals surface area (Å²) in [6, 6.07) is 15.4. The van der Waals surface area contributed by atoms with E-state index in [1.54, 1.807) is 0 Å². The molecule has 108 valence electrons. The van der Waals surface area contributed by atoms with Crippen LogP contribution in [0.4, 0.5) is 0 Å². The summed E-state index contributed by atoms with van der Waals surface area (Å²) in [4.78, 5) is 0. The summed E-state index contributed by atoms with van der Waals surface area (Å²) in [6.45, 7) is 1.46. The molecule has 1 fully saturated rings. The van der Waals surface area contributed by atoms with Gasteiger partial charge in [-0.05, 0) is 46.6 Å². The van der Waals surface area contributed by atoms with E-state index in [4.69, 9.17) is 10.5 Å². The van der Waals surface area contributed by atoms with Crippen LogP contribution in [0.2, 0.25) is 0 Å². The Morgan fingerprint density at radius 2 is 1.62 bits per heavy atom. The van der Waals surface area contributed by atoms with Crippen LogP contribution in [-0.2, 0) is 18.0 Å². The van der Waals surface area contributed by atoms with Crippen molar-refractivity contribution in [2.45, 2.75) is 44.4 Å². The van der Waals surface area contributed by atoms with Crippen molar-refractivity contribution in [3.05, 3.63) is 70.3 Å². The molecule has 2 nitrogen and oxygen atoms in total. The summed E-state index contributed by atoms with van der Waals surface area (Å²) in [5.74, 6) is 0.785. The van der Waals surface area contributed by atoms with Crippen LogP contribution < -0.4 is 5.73 Å². The van der Waals surface area contributed by atoms with Crippen molar-refractivity contribution in [2.75, 3.05) is 0 Å². The van der Waals surface area contributed by atoms with E-state index in [2.05, 4.69) is 42.5 Å². The Morgan fingerprint density at radius 3 is 2.33 bits per heavy atom. The molecule has 2 heteroatoms. The Balaban J connectivity index is 1.57. The highest BCUT2D eigenvalue weighted by atomic mass is 16.5. The minimum Gasteiger partial charge on any atom is -0.372 e. The maximum atomic E-state index is 6.44. The lowest BCUT2D eigenvalue weighted by atomic mass is 9.79. The third-order valence-corrected chi connectivity index (χ3v) is 4.98. The Morgan fingerprint density at radius 1 is 0.905 bits per heavy atom. The zero-order valence-corrected chi connectivity index (χ0v) is 12.2. The molecule has 1 aliphatic carbocycles. The molecule has 4 rings (SSSR count). The van der Waals surface area contributed by atoms with Gasteiger partial charge in [0.2, 0.25) is 0 Å². The van der Waals surface area contributed by atoms with E-state index in [-0.39, 0.29) is 6.04 Å². The van der Waals surface area contributed by atoms with Gasteiger partial charge in [0.05, 0.1) is 19.3 Å². The molecule has 0 spiro atoms. The summed E-state index contributed by atoms with van der Waals surface area (Å²) in [6.07, 6.45) is 4.07. The van der Waals surface area contributed by atoms with E-state index in [9.17, 15) is 0 Å². The van der Waals surface area contributed by atoms with Crippen molar-refractivity contribution in [1.82, 2.24) is 0 Å². The predicted molar refractivity (Wildman–Crippen MR) is 84.0 cm³/mol. The van der Waals surface area contributed by atoms with Crippen molar-refractivity contribution in [2.24, 2.45) is 5.73 Å². The molecular weight excluding hydrogens is 258 g/mol. The Hall–Kier alpha value is -1.64. The van der Waals surface area contributed by atoms with Crippen molar-refractivity contribution < 1.29 is 4.74 Å². The summed E-state index contributed by atoms with van der Waals surface area (Å²) in [7, 11) is 0. The van der Waals surface area contributed by atoms with Crippen LogP contribution in [0.1, 0.15) is 59.0 Å². The van der Waals surface area contributed by atoms with E-state index in [0.29, 0.717) is 0 Å². The highest BCUT2D eigenvalue weighted by Crippen LogP contribution is 2.36. The van der Waals surface area contributed by atoms with Crippen molar-refractivity contribution in [1.29, 1.82) is 0 Å². The minimum absolute atomic E-state index is 0.0497. The van der Waals surface area contributed by atoms with E-state index in [0.717, 1.165) is 19.1 Å². The van der Waals surface area contributed by atoms with E-state index in [1.807, 2.05) is 0 Å². The number of hydrogen-bond donors (Lipinski definition) is 1. The fourth-order valence-electron chi connectivity index (χ4n) is 3.29. The lowest BCUT2D eigenvalue weighted by Crippen LogP contribution is -2.13. The molecule has 1 saturated carbocycles. The first-order valence-corrected chi connectivity index (χ1v) is 7.86. The molecule has 0 amide bonds. The number of ether oxygens (including phenoxy) is 1. The second kappa shape index (κ2) is 5.28. The van der Waals surface area contributed by atoms with Gasteiger partial charge in [-0.1, -0.05) is 48.9 Å². The van der Waals surface area contributed by atoms with Crippen LogP contribution in [0.15, 0.2) is 42.5 Å². The van der Waals surface area contributed by atoms with Gasteiger partial charge in [-0.3, -0.25) is 0 Å². The summed E-state index contributed by atoms with van der Waals surface area (Å²) in [5.41, 5.74) is 12.9. The van der Waals surface area contributed by atoms with Gasteiger partial charge in [0.1, 0.15) is 0 Å². The molecule has 1 heterocycles. The maximum Gasteiger partial charge on any atom is 0.0725 e.